The molecule has 1 aliphatic heterocycles. The zero-order chi connectivity index (χ0) is 34.4. The van der Waals surface area contributed by atoms with Gasteiger partial charge in [0.2, 0.25) is 0 Å². The molecular formula is C25H22F9N5O6. The van der Waals surface area contributed by atoms with Crippen molar-refractivity contribution in [2.75, 3.05) is 13.1 Å². The van der Waals surface area contributed by atoms with Crippen LogP contribution in [0, 0.1) is 0 Å². The summed E-state index contributed by atoms with van der Waals surface area (Å²) >= 11 is 0. The molecule has 11 nitrogen and oxygen atoms in total. The smallest absolute Gasteiger partial charge is 0.475 e. The van der Waals surface area contributed by atoms with Crippen LogP contribution in [0.3, 0.4) is 0 Å². The SMILES string of the molecule is O=C(O)C(F)(F)F.O=C(O)C(F)(F)F.O=C(O)C(F)(F)F.c1cncc(CN2CCc3ncnc(-c4ccncc4)c3CC2)c1. The summed E-state index contributed by atoms with van der Waals surface area (Å²) in [5.74, 6) is -8.27. The van der Waals surface area contributed by atoms with Crippen LogP contribution in [0.25, 0.3) is 11.3 Å². The Hall–Kier alpha value is -4.88. The van der Waals surface area contributed by atoms with E-state index >= 15 is 0 Å². The van der Waals surface area contributed by atoms with E-state index in [1.54, 1.807) is 6.33 Å². The minimum atomic E-state index is -5.08. The highest BCUT2D eigenvalue weighted by atomic mass is 19.4. The van der Waals surface area contributed by atoms with E-state index in [9.17, 15) is 39.5 Å². The van der Waals surface area contributed by atoms with Gasteiger partial charge in [-0.05, 0) is 30.2 Å². The average Bonchev–Trinajstić information content (AvgIpc) is 3.16. The molecule has 4 heterocycles. The minimum absolute atomic E-state index is 0.930. The average molecular weight is 659 g/mol. The molecule has 0 amide bonds. The Bertz CT molecular complexity index is 1330. The predicted molar refractivity (Wildman–Crippen MR) is 133 cm³/mol. The van der Waals surface area contributed by atoms with Gasteiger partial charge in [-0.15, -0.1) is 0 Å². The molecule has 0 saturated carbocycles. The Kier molecular flexibility index (Phi) is 14.3. The number of fused-ring (bicyclic) bond motifs is 1. The summed E-state index contributed by atoms with van der Waals surface area (Å²) in [6, 6.07) is 8.16. The maximum absolute atomic E-state index is 10.6. The summed E-state index contributed by atoms with van der Waals surface area (Å²) in [7, 11) is 0. The van der Waals surface area contributed by atoms with Crippen LogP contribution in [0.2, 0.25) is 0 Å². The van der Waals surface area contributed by atoms with E-state index in [4.69, 9.17) is 29.7 Å². The molecule has 0 atom stereocenters. The Morgan fingerprint density at radius 2 is 1.20 bits per heavy atom. The van der Waals surface area contributed by atoms with Gasteiger partial charge in [0, 0.05) is 67.7 Å². The molecule has 0 fully saturated rings. The lowest BCUT2D eigenvalue weighted by Gasteiger charge is -2.19. The molecule has 0 aromatic carbocycles. The Morgan fingerprint density at radius 3 is 1.64 bits per heavy atom. The van der Waals surface area contributed by atoms with Crippen LogP contribution in [-0.4, -0.2) is 89.7 Å². The largest absolute Gasteiger partial charge is 0.490 e. The normalized spacial score (nSPS) is 13.2. The van der Waals surface area contributed by atoms with E-state index in [2.05, 4.69) is 30.9 Å². The van der Waals surface area contributed by atoms with E-state index in [-0.39, 0.29) is 0 Å². The number of rotatable bonds is 3. The van der Waals surface area contributed by atoms with E-state index in [0.29, 0.717) is 0 Å². The van der Waals surface area contributed by atoms with Crippen LogP contribution in [0.4, 0.5) is 39.5 Å². The van der Waals surface area contributed by atoms with Crippen LogP contribution in [0.15, 0.2) is 55.4 Å². The number of nitrogens with zero attached hydrogens (tertiary/aromatic N) is 5. The van der Waals surface area contributed by atoms with Gasteiger partial charge in [-0.25, -0.2) is 24.4 Å². The molecule has 1 aliphatic rings. The molecule has 45 heavy (non-hydrogen) atoms. The van der Waals surface area contributed by atoms with Gasteiger partial charge in [-0.1, -0.05) is 6.07 Å². The van der Waals surface area contributed by atoms with Gasteiger partial charge in [0.25, 0.3) is 0 Å². The van der Waals surface area contributed by atoms with Crippen molar-refractivity contribution in [1.82, 2.24) is 24.8 Å². The van der Waals surface area contributed by atoms with Crippen molar-refractivity contribution in [2.24, 2.45) is 0 Å². The molecule has 0 spiro atoms. The van der Waals surface area contributed by atoms with Crippen molar-refractivity contribution < 1.29 is 69.2 Å². The number of aromatic nitrogens is 4. The third kappa shape index (κ3) is 14.4. The highest BCUT2D eigenvalue weighted by molar-refractivity contribution is 5.73. The molecule has 0 bridgehead atoms. The summed E-state index contributed by atoms with van der Waals surface area (Å²) in [6.45, 7) is 2.95. The monoisotopic (exact) mass is 659 g/mol. The first-order valence-corrected chi connectivity index (χ1v) is 12.0. The van der Waals surface area contributed by atoms with Crippen LogP contribution < -0.4 is 0 Å². The standard InChI is InChI=1S/C19H19N5.3C2HF3O2/c1-2-15(12-21-7-1)13-24-10-5-17-18(6-11-24)22-14-23-19(17)16-3-8-20-9-4-16;3*3-2(4,5)1(6)7/h1-4,7-9,12,14H,5-6,10-11,13H2;3*(H,6,7). The predicted octanol–water partition coefficient (Wildman–Crippen LogP) is 4.43. The molecule has 4 rings (SSSR count). The number of carbonyl (C=O) groups is 3. The fourth-order valence-corrected chi connectivity index (χ4v) is 3.24. The van der Waals surface area contributed by atoms with Crippen molar-refractivity contribution in [3.63, 3.8) is 0 Å². The van der Waals surface area contributed by atoms with Gasteiger partial charge in [-0.3, -0.25) is 14.9 Å². The summed E-state index contributed by atoms with van der Waals surface area (Å²) in [6.07, 6.45) is -4.25. The Balaban J connectivity index is 0.000000396. The van der Waals surface area contributed by atoms with E-state index in [0.717, 1.165) is 43.7 Å². The maximum atomic E-state index is 10.6. The fraction of sp³-hybridized carbons (Fsp3) is 0.320. The number of aliphatic carboxylic acids is 3. The number of hydrogen-bond donors (Lipinski definition) is 3. The summed E-state index contributed by atoms with van der Waals surface area (Å²) < 4.78 is 95.2. The molecule has 3 aromatic rings. The lowest BCUT2D eigenvalue weighted by atomic mass is 10.0. The summed E-state index contributed by atoms with van der Waals surface area (Å²) in [5, 5.41) is 21.4. The summed E-state index contributed by atoms with van der Waals surface area (Å²) in [4.78, 5) is 46.6. The third-order valence-corrected chi connectivity index (χ3v) is 5.19. The van der Waals surface area contributed by atoms with Gasteiger partial charge in [0.05, 0.1) is 5.69 Å². The number of alkyl halides is 9. The molecule has 246 valence electrons. The van der Waals surface area contributed by atoms with Gasteiger partial charge >= 0.3 is 36.4 Å². The van der Waals surface area contributed by atoms with Gasteiger partial charge in [0.15, 0.2) is 0 Å². The quantitative estimate of drug-likeness (QED) is 0.341. The van der Waals surface area contributed by atoms with Crippen molar-refractivity contribution in [2.45, 2.75) is 37.9 Å². The number of pyridine rings is 2. The lowest BCUT2D eigenvalue weighted by molar-refractivity contribution is -0.193. The van der Waals surface area contributed by atoms with Gasteiger partial charge in [0.1, 0.15) is 6.33 Å². The summed E-state index contributed by atoms with van der Waals surface area (Å²) in [5.41, 5.74) is 5.86. The first kappa shape index (κ1) is 38.1. The second kappa shape index (κ2) is 16.8. The number of carboxylic acid groups (broad SMARTS) is 3. The molecule has 0 aliphatic carbocycles. The zero-order valence-corrected chi connectivity index (χ0v) is 22.4. The number of hydrogen-bond acceptors (Lipinski definition) is 8. The molecular weight excluding hydrogens is 637 g/mol. The molecule has 20 heteroatoms. The van der Waals surface area contributed by atoms with Crippen molar-refractivity contribution in [3.8, 4) is 11.3 Å². The second-order valence-electron chi connectivity index (χ2n) is 8.43. The molecule has 0 saturated heterocycles. The van der Waals surface area contributed by atoms with Crippen LogP contribution in [0.5, 0.6) is 0 Å². The van der Waals surface area contributed by atoms with E-state index in [1.807, 2.05) is 43.0 Å². The second-order valence-corrected chi connectivity index (χ2v) is 8.43. The van der Waals surface area contributed by atoms with Crippen LogP contribution >= 0.6 is 0 Å². The van der Waals surface area contributed by atoms with E-state index in [1.165, 1.54) is 16.8 Å². The molecule has 0 radical (unpaired) electrons. The molecule has 3 aromatic heterocycles. The zero-order valence-electron chi connectivity index (χ0n) is 22.4. The maximum Gasteiger partial charge on any atom is 0.490 e. The van der Waals surface area contributed by atoms with Crippen LogP contribution in [0.1, 0.15) is 16.8 Å². The third-order valence-electron chi connectivity index (χ3n) is 5.19. The first-order chi connectivity index (χ1) is 20.7. The van der Waals surface area contributed by atoms with Crippen LogP contribution in [-0.2, 0) is 33.8 Å². The minimum Gasteiger partial charge on any atom is -0.475 e. The van der Waals surface area contributed by atoms with Gasteiger partial charge < -0.3 is 15.3 Å². The number of carboxylic acids is 3. The topological polar surface area (TPSA) is 167 Å². The van der Waals surface area contributed by atoms with Gasteiger partial charge in [-0.2, -0.15) is 39.5 Å². The van der Waals surface area contributed by atoms with Crippen molar-refractivity contribution in [3.05, 3.63) is 72.2 Å². The molecule has 0 unspecified atom stereocenters. The first-order valence-electron chi connectivity index (χ1n) is 12.0. The highest BCUT2D eigenvalue weighted by Crippen LogP contribution is 2.25. The van der Waals surface area contributed by atoms with Crippen molar-refractivity contribution in [1.29, 1.82) is 0 Å². The fourth-order valence-electron chi connectivity index (χ4n) is 3.24. The lowest BCUT2D eigenvalue weighted by Crippen LogP contribution is -2.26. The molecule has 3 N–H and O–H groups in total. The van der Waals surface area contributed by atoms with Crippen molar-refractivity contribution >= 4 is 17.9 Å². The number of halogens is 9. The Labute approximate surface area is 247 Å². The highest BCUT2D eigenvalue weighted by Gasteiger charge is 2.39. The van der Waals surface area contributed by atoms with E-state index < -0.39 is 36.4 Å². The Morgan fingerprint density at radius 1 is 0.711 bits per heavy atom.